The summed E-state index contributed by atoms with van der Waals surface area (Å²) in [4.78, 5) is 36.2. The Morgan fingerprint density at radius 2 is 1.48 bits per heavy atom. The van der Waals surface area contributed by atoms with Gasteiger partial charge in [0.2, 0.25) is 5.91 Å². The van der Waals surface area contributed by atoms with Gasteiger partial charge in [-0.3, -0.25) is 9.59 Å². The number of benzene rings is 1. The van der Waals surface area contributed by atoms with Crippen molar-refractivity contribution in [2.75, 3.05) is 7.11 Å². The molecule has 0 spiro atoms. The van der Waals surface area contributed by atoms with Crippen LogP contribution in [0.1, 0.15) is 89.5 Å². The fraction of sp³-hybridized carbons (Fsp3) is 0.640. The standard InChI is InChI=1S/C25H39NO5/c1-3-4-5-6-7-8-9-10-14-17-23(27)26-22(25(29)30-2)18-19-24(28)31-20-21-15-12-11-13-16-21/h11-13,15-16,22H,3-10,14,17-20H2,1-2H3,(H,26,27)/t22-/m1/s1. The predicted octanol–water partition coefficient (Wildman–Crippen LogP) is 5.09. The summed E-state index contributed by atoms with van der Waals surface area (Å²) >= 11 is 0. The highest BCUT2D eigenvalue weighted by Gasteiger charge is 2.22. The van der Waals surface area contributed by atoms with Gasteiger partial charge in [-0.2, -0.15) is 0 Å². The van der Waals surface area contributed by atoms with Crippen molar-refractivity contribution in [3.8, 4) is 0 Å². The summed E-state index contributed by atoms with van der Waals surface area (Å²) in [5, 5.41) is 2.70. The van der Waals surface area contributed by atoms with Crippen LogP contribution in [0.2, 0.25) is 0 Å². The molecular formula is C25H39NO5. The highest BCUT2D eigenvalue weighted by Crippen LogP contribution is 2.11. The molecule has 0 bridgehead atoms. The third-order valence-electron chi connectivity index (χ3n) is 5.21. The van der Waals surface area contributed by atoms with Crippen molar-refractivity contribution >= 4 is 17.8 Å². The molecule has 6 heteroatoms. The minimum absolute atomic E-state index is 0.0327. The Morgan fingerprint density at radius 3 is 2.10 bits per heavy atom. The molecule has 1 N–H and O–H groups in total. The van der Waals surface area contributed by atoms with E-state index in [1.165, 1.54) is 45.6 Å². The van der Waals surface area contributed by atoms with Crippen molar-refractivity contribution < 1.29 is 23.9 Å². The zero-order chi connectivity index (χ0) is 22.7. The van der Waals surface area contributed by atoms with E-state index in [0.717, 1.165) is 24.8 Å². The number of ether oxygens (including phenoxy) is 2. The molecule has 0 aliphatic rings. The highest BCUT2D eigenvalue weighted by atomic mass is 16.5. The normalized spacial score (nSPS) is 11.5. The van der Waals surface area contributed by atoms with Gasteiger partial charge in [0, 0.05) is 12.8 Å². The lowest BCUT2D eigenvalue weighted by Crippen LogP contribution is -2.41. The summed E-state index contributed by atoms with van der Waals surface area (Å²) in [6.45, 7) is 2.40. The number of rotatable bonds is 17. The molecule has 0 unspecified atom stereocenters. The van der Waals surface area contributed by atoms with E-state index in [9.17, 15) is 14.4 Å². The number of unbranched alkanes of at least 4 members (excludes halogenated alkanes) is 8. The van der Waals surface area contributed by atoms with Crippen molar-refractivity contribution in [2.45, 2.75) is 96.6 Å². The number of esters is 2. The number of nitrogens with one attached hydrogen (secondary N) is 1. The third-order valence-corrected chi connectivity index (χ3v) is 5.21. The van der Waals surface area contributed by atoms with Crippen LogP contribution in [0, 0.1) is 0 Å². The molecule has 1 aromatic carbocycles. The molecule has 0 aromatic heterocycles. The maximum Gasteiger partial charge on any atom is 0.328 e. The van der Waals surface area contributed by atoms with Gasteiger partial charge in [0.05, 0.1) is 7.11 Å². The van der Waals surface area contributed by atoms with Gasteiger partial charge in [-0.15, -0.1) is 0 Å². The summed E-state index contributed by atoms with van der Waals surface area (Å²) in [6, 6.07) is 8.55. The molecule has 1 rings (SSSR count). The fourth-order valence-electron chi connectivity index (χ4n) is 3.33. The lowest BCUT2D eigenvalue weighted by Gasteiger charge is -2.16. The highest BCUT2D eigenvalue weighted by molar-refractivity contribution is 5.84. The molecule has 0 aliphatic heterocycles. The minimum atomic E-state index is -0.833. The van der Waals surface area contributed by atoms with Gasteiger partial charge in [-0.1, -0.05) is 88.6 Å². The molecule has 0 aliphatic carbocycles. The largest absolute Gasteiger partial charge is 0.467 e. The average molecular weight is 434 g/mol. The summed E-state index contributed by atoms with van der Waals surface area (Å²) in [6.07, 6.45) is 11.2. The van der Waals surface area contributed by atoms with E-state index >= 15 is 0 Å². The van der Waals surface area contributed by atoms with Crippen LogP contribution in [0.3, 0.4) is 0 Å². The van der Waals surface area contributed by atoms with Crippen LogP contribution < -0.4 is 5.32 Å². The van der Waals surface area contributed by atoms with E-state index in [1.54, 1.807) is 0 Å². The number of amides is 1. The number of methoxy groups -OCH3 is 1. The van der Waals surface area contributed by atoms with E-state index in [4.69, 9.17) is 9.47 Å². The van der Waals surface area contributed by atoms with E-state index in [1.807, 2.05) is 30.3 Å². The van der Waals surface area contributed by atoms with E-state index in [2.05, 4.69) is 12.2 Å². The van der Waals surface area contributed by atoms with Gasteiger partial charge in [0.25, 0.3) is 0 Å². The number of hydrogen-bond acceptors (Lipinski definition) is 5. The molecule has 174 valence electrons. The van der Waals surface area contributed by atoms with Crippen LogP contribution >= 0.6 is 0 Å². The maximum atomic E-state index is 12.2. The Kier molecular flexibility index (Phi) is 14.9. The lowest BCUT2D eigenvalue weighted by atomic mass is 10.1. The van der Waals surface area contributed by atoms with Crippen molar-refractivity contribution in [3.05, 3.63) is 35.9 Å². The first-order valence-corrected chi connectivity index (χ1v) is 11.6. The van der Waals surface area contributed by atoms with Crippen molar-refractivity contribution in [2.24, 2.45) is 0 Å². The smallest absolute Gasteiger partial charge is 0.328 e. The molecule has 0 saturated heterocycles. The molecule has 31 heavy (non-hydrogen) atoms. The molecule has 0 saturated carbocycles. The van der Waals surface area contributed by atoms with Gasteiger partial charge >= 0.3 is 11.9 Å². The summed E-state index contributed by atoms with van der Waals surface area (Å²) < 4.78 is 9.99. The molecule has 1 aromatic rings. The monoisotopic (exact) mass is 433 g/mol. The fourth-order valence-corrected chi connectivity index (χ4v) is 3.33. The Morgan fingerprint density at radius 1 is 0.871 bits per heavy atom. The Hall–Kier alpha value is -2.37. The molecule has 0 fully saturated rings. The second kappa shape index (κ2) is 17.3. The predicted molar refractivity (Wildman–Crippen MR) is 121 cm³/mol. The molecule has 6 nitrogen and oxygen atoms in total. The number of carbonyl (C=O) groups is 3. The second-order valence-electron chi connectivity index (χ2n) is 7.91. The molecular weight excluding hydrogens is 394 g/mol. The van der Waals surface area contributed by atoms with Crippen molar-refractivity contribution in [1.82, 2.24) is 5.32 Å². The summed E-state index contributed by atoms with van der Waals surface area (Å²) in [5.41, 5.74) is 0.898. The van der Waals surface area contributed by atoms with Crippen molar-refractivity contribution in [1.29, 1.82) is 0 Å². The van der Waals surface area contributed by atoms with Crippen LogP contribution in [0.4, 0.5) is 0 Å². The zero-order valence-corrected chi connectivity index (χ0v) is 19.2. The summed E-state index contributed by atoms with van der Waals surface area (Å²) in [5.74, 6) is -1.14. The Bertz CT molecular complexity index is 632. The van der Waals surface area contributed by atoms with Crippen LogP contribution in [-0.2, 0) is 30.5 Å². The third kappa shape index (κ3) is 13.5. The van der Waals surface area contributed by atoms with Crippen LogP contribution in [0.15, 0.2) is 30.3 Å². The first kappa shape index (κ1) is 26.7. The Labute approximate surface area is 187 Å². The molecule has 0 radical (unpaired) electrons. The Balaban J connectivity index is 2.22. The van der Waals surface area contributed by atoms with E-state index in [0.29, 0.717) is 6.42 Å². The molecule has 0 heterocycles. The number of hydrogen-bond donors (Lipinski definition) is 1. The first-order chi connectivity index (χ1) is 15.1. The maximum absolute atomic E-state index is 12.2. The lowest BCUT2D eigenvalue weighted by molar-refractivity contribution is -0.147. The summed E-state index contributed by atoms with van der Waals surface area (Å²) in [7, 11) is 1.27. The topological polar surface area (TPSA) is 81.7 Å². The van der Waals surface area contributed by atoms with Crippen LogP contribution in [0.25, 0.3) is 0 Å². The van der Waals surface area contributed by atoms with Gasteiger partial charge in [0.15, 0.2) is 0 Å². The van der Waals surface area contributed by atoms with Gasteiger partial charge in [-0.05, 0) is 18.4 Å². The van der Waals surface area contributed by atoms with Gasteiger partial charge < -0.3 is 14.8 Å². The van der Waals surface area contributed by atoms with Crippen LogP contribution in [0.5, 0.6) is 0 Å². The molecule has 1 amide bonds. The van der Waals surface area contributed by atoms with Crippen molar-refractivity contribution in [3.63, 3.8) is 0 Å². The average Bonchev–Trinajstić information content (AvgIpc) is 2.79. The van der Waals surface area contributed by atoms with Crippen LogP contribution in [-0.4, -0.2) is 31.0 Å². The second-order valence-corrected chi connectivity index (χ2v) is 7.91. The van der Waals surface area contributed by atoms with Gasteiger partial charge in [-0.25, -0.2) is 4.79 Å². The van der Waals surface area contributed by atoms with E-state index < -0.39 is 18.0 Å². The SMILES string of the molecule is CCCCCCCCCCCC(=O)N[C@H](CCC(=O)OCc1ccccc1)C(=O)OC. The number of carbonyl (C=O) groups excluding carboxylic acids is 3. The first-order valence-electron chi connectivity index (χ1n) is 11.6. The minimum Gasteiger partial charge on any atom is -0.467 e. The molecule has 1 atom stereocenters. The van der Waals surface area contributed by atoms with Gasteiger partial charge in [0.1, 0.15) is 12.6 Å². The quantitative estimate of drug-likeness (QED) is 0.273. The van der Waals surface area contributed by atoms with E-state index in [-0.39, 0.29) is 25.4 Å². The zero-order valence-electron chi connectivity index (χ0n) is 19.2.